The summed E-state index contributed by atoms with van der Waals surface area (Å²) >= 11 is 0. The van der Waals surface area contributed by atoms with Crippen LogP contribution in [0.25, 0.3) is 5.69 Å². The topological polar surface area (TPSA) is 81.9 Å². The lowest BCUT2D eigenvalue weighted by Crippen LogP contribution is -2.24. The molecule has 0 aliphatic rings. The SMILES string of the molecule is Cc1nnnn1-c1ccc(CC(=O)NCc2cccc(OC(C)C)c2)cc1. The summed E-state index contributed by atoms with van der Waals surface area (Å²) in [5.41, 5.74) is 2.80. The molecule has 0 unspecified atom stereocenters. The highest BCUT2D eigenvalue weighted by molar-refractivity contribution is 5.78. The second-order valence-corrected chi connectivity index (χ2v) is 6.57. The van der Waals surface area contributed by atoms with Crippen molar-refractivity contribution >= 4 is 5.91 Å². The van der Waals surface area contributed by atoms with E-state index < -0.39 is 0 Å². The van der Waals surface area contributed by atoms with Crippen molar-refractivity contribution in [2.24, 2.45) is 0 Å². The molecule has 1 heterocycles. The number of hydrogen-bond donors (Lipinski definition) is 1. The van der Waals surface area contributed by atoms with Gasteiger partial charge in [0.1, 0.15) is 5.75 Å². The van der Waals surface area contributed by atoms with Crippen LogP contribution in [0.5, 0.6) is 5.75 Å². The molecular weight excluding hydrogens is 342 g/mol. The Balaban J connectivity index is 1.54. The first-order chi connectivity index (χ1) is 13.0. The molecule has 0 saturated heterocycles. The van der Waals surface area contributed by atoms with Crippen LogP contribution in [0.2, 0.25) is 0 Å². The van der Waals surface area contributed by atoms with Crippen LogP contribution in [0.1, 0.15) is 30.8 Å². The van der Waals surface area contributed by atoms with Crippen molar-refractivity contribution in [2.75, 3.05) is 0 Å². The molecule has 7 heteroatoms. The van der Waals surface area contributed by atoms with Gasteiger partial charge in [0.05, 0.1) is 18.2 Å². The van der Waals surface area contributed by atoms with E-state index in [0.717, 1.165) is 22.6 Å². The Morgan fingerprint density at radius 1 is 1.15 bits per heavy atom. The molecule has 0 fully saturated rings. The normalized spacial score (nSPS) is 10.8. The van der Waals surface area contributed by atoms with Crippen molar-refractivity contribution in [3.63, 3.8) is 0 Å². The lowest BCUT2D eigenvalue weighted by molar-refractivity contribution is -0.120. The van der Waals surface area contributed by atoms with E-state index in [1.807, 2.05) is 69.3 Å². The van der Waals surface area contributed by atoms with Crippen molar-refractivity contribution in [3.8, 4) is 11.4 Å². The predicted octanol–water partition coefficient (Wildman–Crippen LogP) is 2.62. The number of aromatic nitrogens is 4. The van der Waals surface area contributed by atoms with Gasteiger partial charge in [-0.3, -0.25) is 4.79 Å². The van der Waals surface area contributed by atoms with Gasteiger partial charge in [-0.25, -0.2) is 0 Å². The third-order valence-electron chi connectivity index (χ3n) is 3.93. The number of hydrogen-bond acceptors (Lipinski definition) is 5. The first kappa shape index (κ1) is 18.6. The second-order valence-electron chi connectivity index (χ2n) is 6.57. The summed E-state index contributed by atoms with van der Waals surface area (Å²) in [6, 6.07) is 15.4. The Morgan fingerprint density at radius 3 is 2.59 bits per heavy atom. The smallest absolute Gasteiger partial charge is 0.224 e. The van der Waals surface area contributed by atoms with Crippen LogP contribution in [0.4, 0.5) is 0 Å². The third kappa shape index (κ3) is 5.13. The summed E-state index contributed by atoms with van der Waals surface area (Å²) in [5, 5.41) is 14.4. The van der Waals surface area contributed by atoms with Gasteiger partial charge in [-0.15, -0.1) is 5.10 Å². The number of benzene rings is 2. The van der Waals surface area contributed by atoms with E-state index in [4.69, 9.17) is 4.74 Å². The molecule has 1 amide bonds. The fourth-order valence-corrected chi connectivity index (χ4v) is 2.67. The summed E-state index contributed by atoms with van der Waals surface area (Å²) in [7, 11) is 0. The summed E-state index contributed by atoms with van der Waals surface area (Å²) < 4.78 is 7.33. The molecule has 0 spiro atoms. The van der Waals surface area contributed by atoms with E-state index in [0.29, 0.717) is 18.8 Å². The maximum absolute atomic E-state index is 12.2. The quantitative estimate of drug-likeness (QED) is 0.696. The average molecular weight is 365 g/mol. The van der Waals surface area contributed by atoms with Gasteiger partial charge in [0.25, 0.3) is 0 Å². The van der Waals surface area contributed by atoms with E-state index in [9.17, 15) is 4.79 Å². The molecule has 1 N–H and O–H groups in total. The maximum Gasteiger partial charge on any atom is 0.224 e. The highest BCUT2D eigenvalue weighted by atomic mass is 16.5. The van der Waals surface area contributed by atoms with Crippen LogP contribution < -0.4 is 10.1 Å². The van der Waals surface area contributed by atoms with Crippen molar-refractivity contribution in [2.45, 2.75) is 39.8 Å². The lowest BCUT2D eigenvalue weighted by atomic mass is 10.1. The van der Waals surface area contributed by atoms with E-state index in [1.54, 1.807) is 4.68 Å². The molecule has 0 bridgehead atoms. The number of amides is 1. The van der Waals surface area contributed by atoms with Crippen LogP contribution in [0.3, 0.4) is 0 Å². The van der Waals surface area contributed by atoms with Crippen LogP contribution >= 0.6 is 0 Å². The molecule has 0 radical (unpaired) electrons. The Hall–Kier alpha value is -3.22. The molecule has 0 atom stereocenters. The monoisotopic (exact) mass is 365 g/mol. The molecule has 0 aliphatic carbocycles. The number of nitrogens with zero attached hydrogens (tertiary/aromatic N) is 4. The fourth-order valence-electron chi connectivity index (χ4n) is 2.67. The van der Waals surface area contributed by atoms with Crippen LogP contribution in [0.15, 0.2) is 48.5 Å². The van der Waals surface area contributed by atoms with Gasteiger partial charge in [0, 0.05) is 6.54 Å². The summed E-state index contributed by atoms with van der Waals surface area (Å²) in [6.07, 6.45) is 0.437. The zero-order valence-electron chi connectivity index (χ0n) is 15.7. The summed E-state index contributed by atoms with van der Waals surface area (Å²) in [5.74, 6) is 1.49. The summed E-state index contributed by atoms with van der Waals surface area (Å²) in [4.78, 5) is 12.2. The second kappa shape index (κ2) is 8.44. The molecule has 140 valence electrons. The minimum Gasteiger partial charge on any atom is -0.491 e. The van der Waals surface area contributed by atoms with E-state index in [2.05, 4.69) is 20.8 Å². The van der Waals surface area contributed by atoms with Crippen molar-refractivity contribution < 1.29 is 9.53 Å². The third-order valence-corrected chi connectivity index (χ3v) is 3.93. The minimum absolute atomic E-state index is 0.0310. The van der Waals surface area contributed by atoms with Gasteiger partial charge in [-0.1, -0.05) is 24.3 Å². The Morgan fingerprint density at radius 2 is 1.93 bits per heavy atom. The first-order valence-electron chi connectivity index (χ1n) is 8.88. The van der Waals surface area contributed by atoms with Crippen molar-refractivity contribution in [3.05, 3.63) is 65.5 Å². The predicted molar refractivity (Wildman–Crippen MR) is 102 cm³/mol. The highest BCUT2D eigenvalue weighted by Gasteiger charge is 2.07. The van der Waals surface area contributed by atoms with Gasteiger partial charge >= 0.3 is 0 Å². The number of carbonyl (C=O) groups is 1. The molecule has 2 aromatic carbocycles. The Kier molecular flexibility index (Phi) is 5.80. The van der Waals surface area contributed by atoms with E-state index in [1.165, 1.54) is 0 Å². The largest absolute Gasteiger partial charge is 0.491 e. The molecule has 27 heavy (non-hydrogen) atoms. The number of rotatable bonds is 7. The van der Waals surface area contributed by atoms with Crippen molar-refractivity contribution in [1.82, 2.24) is 25.5 Å². The molecule has 7 nitrogen and oxygen atoms in total. The molecule has 3 rings (SSSR count). The zero-order valence-corrected chi connectivity index (χ0v) is 15.7. The highest BCUT2D eigenvalue weighted by Crippen LogP contribution is 2.15. The average Bonchev–Trinajstić information content (AvgIpc) is 3.06. The zero-order chi connectivity index (χ0) is 19.2. The van der Waals surface area contributed by atoms with E-state index in [-0.39, 0.29) is 12.0 Å². The van der Waals surface area contributed by atoms with Crippen LogP contribution in [-0.2, 0) is 17.8 Å². The van der Waals surface area contributed by atoms with Gasteiger partial charge in [-0.05, 0) is 66.6 Å². The van der Waals surface area contributed by atoms with Crippen molar-refractivity contribution in [1.29, 1.82) is 0 Å². The van der Waals surface area contributed by atoms with Gasteiger partial charge in [0.2, 0.25) is 5.91 Å². The Bertz CT molecular complexity index is 903. The number of ether oxygens (including phenoxy) is 1. The summed E-state index contributed by atoms with van der Waals surface area (Å²) in [6.45, 7) is 6.28. The molecule has 1 aromatic heterocycles. The standard InChI is InChI=1S/C20H23N5O2/c1-14(2)27-19-6-4-5-17(11-19)13-21-20(26)12-16-7-9-18(10-8-16)25-15(3)22-23-24-25/h4-11,14H,12-13H2,1-3H3,(H,21,26). The Labute approximate surface area is 158 Å². The number of nitrogens with one attached hydrogen (secondary N) is 1. The minimum atomic E-state index is -0.0310. The van der Waals surface area contributed by atoms with Gasteiger partial charge < -0.3 is 10.1 Å². The fraction of sp³-hybridized carbons (Fsp3) is 0.300. The molecule has 0 saturated carbocycles. The number of aryl methyl sites for hydroxylation is 1. The molecule has 3 aromatic rings. The maximum atomic E-state index is 12.2. The lowest BCUT2D eigenvalue weighted by Gasteiger charge is -2.11. The molecular formula is C20H23N5O2. The molecule has 0 aliphatic heterocycles. The first-order valence-corrected chi connectivity index (χ1v) is 8.88. The number of carbonyl (C=O) groups excluding carboxylic acids is 1. The van der Waals surface area contributed by atoms with Gasteiger partial charge in [0.15, 0.2) is 5.82 Å². The van der Waals surface area contributed by atoms with Crippen LogP contribution in [0, 0.1) is 6.92 Å². The van der Waals surface area contributed by atoms with E-state index >= 15 is 0 Å². The van der Waals surface area contributed by atoms with Crippen LogP contribution in [-0.4, -0.2) is 32.2 Å². The number of tetrazole rings is 1. The van der Waals surface area contributed by atoms with Gasteiger partial charge in [-0.2, -0.15) is 4.68 Å².